The lowest BCUT2D eigenvalue weighted by Crippen LogP contribution is -2.40. The number of urea groups is 1. The lowest BCUT2D eigenvalue weighted by molar-refractivity contribution is 0.258. The standard InChI is InChI=1S/C27H26N6O2S/c1-15-20(11-12-22(31-15)35-17-7-4-3-5-8-17)33-21-13-14-29-26-23(21)24(32-27(33)34)25(36-26)16(2)30-19-10-6-9-18(19)28/h3-5,7-8,11-14,18-19,30H,2,6,9-10,28H2,1H3,(H,32,34)/t18?,19-/m1/s1. The number of thiophene rings is 1. The van der Waals surface area contributed by atoms with Gasteiger partial charge in [-0.25, -0.2) is 14.8 Å². The number of aromatic nitrogens is 2. The lowest BCUT2D eigenvalue weighted by atomic mass is 10.1. The largest absolute Gasteiger partial charge is 0.439 e. The van der Waals surface area contributed by atoms with Gasteiger partial charge in [0.15, 0.2) is 0 Å². The van der Waals surface area contributed by atoms with Crippen molar-refractivity contribution in [3.05, 3.63) is 71.9 Å². The highest BCUT2D eigenvalue weighted by Crippen LogP contribution is 2.47. The van der Waals surface area contributed by atoms with Crippen LogP contribution >= 0.6 is 11.3 Å². The highest BCUT2D eigenvalue weighted by molar-refractivity contribution is 7.20. The Balaban J connectivity index is 1.35. The van der Waals surface area contributed by atoms with Gasteiger partial charge in [0.05, 0.1) is 33.0 Å². The number of rotatable bonds is 6. The van der Waals surface area contributed by atoms with Crippen molar-refractivity contribution in [3.8, 4) is 11.6 Å². The summed E-state index contributed by atoms with van der Waals surface area (Å²) in [4.78, 5) is 26.0. The molecule has 1 aliphatic heterocycles. The van der Waals surface area contributed by atoms with E-state index in [2.05, 4.69) is 27.2 Å². The first-order valence-electron chi connectivity index (χ1n) is 11.9. The minimum atomic E-state index is -0.262. The Labute approximate surface area is 212 Å². The number of carbonyl (C=O) groups excluding carboxylic acids is 1. The fourth-order valence-corrected chi connectivity index (χ4v) is 5.98. The van der Waals surface area contributed by atoms with Gasteiger partial charge in [0.2, 0.25) is 5.88 Å². The predicted molar refractivity (Wildman–Crippen MR) is 144 cm³/mol. The predicted octanol–water partition coefficient (Wildman–Crippen LogP) is 5.92. The monoisotopic (exact) mass is 498 g/mol. The molecule has 0 saturated heterocycles. The molecule has 3 aromatic heterocycles. The normalized spacial score (nSPS) is 18.8. The quantitative estimate of drug-likeness (QED) is 0.305. The second-order valence-electron chi connectivity index (χ2n) is 9.08. The van der Waals surface area contributed by atoms with Gasteiger partial charge < -0.3 is 21.1 Å². The fraction of sp³-hybridized carbons (Fsp3) is 0.222. The fourth-order valence-electron chi connectivity index (χ4n) is 4.93. The summed E-state index contributed by atoms with van der Waals surface area (Å²) in [6, 6.07) is 15.0. The van der Waals surface area contributed by atoms with Gasteiger partial charge in [-0.05, 0) is 50.5 Å². The SMILES string of the molecule is C=C(N[C@@H]1CCCC1N)c1sc2nccc3c2c1NC(=O)N3c1ccc(Oc2ccccc2)nc1C. The Bertz CT molecular complexity index is 1480. The van der Waals surface area contributed by atoms with Crippen LogP contribution in [-0.2, 0) is 0 Å². The molecule has 4 heterocycles. The second kappa shape index (κ2) is 8.92. The number of hydrogen-bond acceptors (Lipinski definition) is 7. The van der Waals surface area contributed by atoms with E-state index >= 15 is 0 Å². The smallest absolute Gasteiger partial charge is 0.331 e. The molecule has 4 N–H and O–H groups in total. The molecule has 2 amide bonds. The van der Waals surface area contributed by atoms with Gasteiger partial charge >= 0.3 is 6.03 Å². The number of amides is 2. The Morgan fingerprint density at radius 3 is 2.78 bits per heavy atom. The molecule has 182 valence electrons. The van der Waals surface area contributed by atoms with Crippen LogP contribution in [0.4, 0.5) is 21.9 Å². The molecule has 0 bridgehead atoms. The van der Waals surface area contributed by atoms with Gasteiger partial charge in [-0.1, -0.05) is 24.8 Å². The zero-order chi connectivity index (χ0) is 24.8. The van der Waals surface area contributed by atoms with Crippen molar-refractivity contribution in [2.75, 3.05) is 10.2 Å². The van der Waals surface area contributed by atoms with Gasteiger partial charge in [-0.2, -0.15) is 0 Å². The third-order valence-corrected chi connectivity index (χ3v) is 7.85. The summed E-state index contributed by atoms with van der Waals surface area (Å²) >= 11 is 1.51. The molecular weight excluding hydrogens is 472 g/mol. The van der Waals surface area contributed by atoms with E-state index in [9.17, 15) is 4.79 Å². The number of aryl methyl sites for hydroxylation is 1. The molecule has 1 unspecified atom stereocenters. The first-order chi connectivity index (χ1) is 17.5. The molecule has 0 spiro atoms. The van der Waals surface area contributed by atoms with Gasteiger partial charge in [-0.15, -0.1) is 11.3 Å². The van der Waals surface area contributed by atoms with E-state index in [0.717, 1.165) is 51.4 Å². The van der Waals surface area contributed by atoms with Crippen LogP contribution in [0.3, 0.4) is 0 Å². The number of carbonyl (C=O) groups is 1. The average molecular weight is 499 g/mol. The zero-order valence-electron chi connectivity index (χ0n) is 19.8. The molecule has 1 aromatic carbocycles. The molecule has 1 aliphatic carbocycles. The maximum atomic E-state index is 13.5. The summed E-state index contributed by atoms with van der Waals surface area (Å²) in [6.45, 7) is 6.13. The summed E-state index contributed by atoms with van der Waals surface area (Å²) in [5.74, 6) is 1.16. The van der Waals surface area contributed by atoms with Crippen molar-refractivity contribution in [3.63, 3.8) is 0 Å². The number of ether oxygens (including phenoxy) is 1. The number of nitrogens with one attached hydrogen (secondary N) is 2. The minimum absolute atomic E-state index is 0.107. The topological polar surface area (TPSA) is 105 Å². The minimum Gasteiger partial charge on any atom is -0.439 e. The molecule has 0 radical (unpaired) electrons. The number of hydrogen-bond donors (Lipinski definition) is 3. The summed E-state index contributed by atoms with van der Waals surface area (Å²) in [5.41, 5.74) is 9.85. The third kappa shape index (κ3) is 3.86. The number of para-hydroxylation sites is 1. The van der Waals surface area contributed by atoms with Crippen LogP contribution in [0.15, 0.2) is 61.3 Å². The summed E-state index contributed by atoms with van der Waals surface area (Å²) in [7, 11) is 0. The van der Waals surface area contributed by atoms with E-state index in [1.165, 1.54) is 11.3 Å². The van der Waals surface area contributed by atoms with E-state index < -0.39 is 0 Å². The highest BCUT2D eigenvalue weighted by atomic mass is 32.1. The van der Waals surface area contributed by atoms with Crippen molar-refractivity contribution in [1.29, 1.82) is 0 Å². The molecule has 9 heteroatoms. The molecular formula is C27H26N6O2S. The summed E-state index contributed by atoms with van der Waals surface area (Å²) in [6.07, 6.45) is 4.85. The second-order valence-corrected chi connectivity index (χ2v) is 10.1. The lowest BCUT2D eigenvalue weighted by Gasteiger charge is -2.29. The average Bonchev–Trinajstić information content (AvgIpc) is 3.45. The maximum absolute atomic E-state index is 13.5. The van der Waals surface area contributed by atoms with E-state index in [0.29, 0.717) is 23.0 Å². The van der Waals surface area contributed by atoms with Gasteiger partial charge in [0.25, 0.3) is 0 Å². The molecule has 36 heavy (non-hydrogen) atoms. The van der Waals surface area contributed by atoms with Gasteiger partial charge in [0.1, 0.15) is 10.6 Å². The number of benzene rings is 1. The molecule has 1 saturated carbocycles. The Morgan fingerprint density at radius 1 is 1.19 bits per heavy atom. The molecule has 6 rings (SSSR count). The zero-order valence-corrected chi connectivity index (χ0v) is 20.6. The first-order valence-corrected chi connectivity index (χ1v) is 12.8. The van der Waals surface area contributed by atoms with E-state index in [4.69, 9.17) is 10.5 Å². The maximum Gasteiger partial charge on any atom is 0.331 e. The molecule has 4 aromatic rings. The van der Waals surface area contributed by atoms with Gasteiger partial charge in [0, 0.05) is 30.0 Å². The molecule has 2 atom stereocenters. The van der Waals surface area contributed by atoms with E-state index in [-0.39, 0.29) is 18.1 Å². The first kappa shape index (κ1) is 22.5. The van der Waals surface area contributed by atoms with Crippen LogP contribution in [0.2, 0.25) is 0 Å². The van der Waals surface area contributed by atoms with Crippen LogP contribution in [-0.4, -0.2) is 28.1 Å². The van der Waals surface area contributed by atoms with E-state index in [1.54, 1.807) is 17.2 Å². The number of nitrogens with zero attached hydrogens (tertiary/aromatic N) is 3. The van der Waals surface area contributed by atoms with E-state index in [1.807, 2.05) is 49.4 Å². The molecule has 1 fully saturated rings. The van der Waals surface area contributed by atoms with Crippen molar-refractivity contribution < 1.29 is 9.53 Å². The highest BCUT2D eigenvalue weighted by Gasteiger charge is 2.33. The Hall–Kier alpha value is -3.95. The number of pyridine rings is 2. The van der Waals surface area contributed by atoms with Crippen molar-refractivity contribution in [1.82, 2.24) is 15.3 Å². The van der Waals surface area contributed by atoms with Crippen molar-refractivity contribution >= 4 is 50.3 Å². The van der Waals surface area contributed by atoms with Crippen molar-refractivity contribution in [2.24, 2.45) is 5.73 Å². The summed E-state index contributed by atoms with van der Waals surface area (Å²) < 4.78 is 5.87. The van der Waals surface area contributed by atoms with Gasteiger partial charge in [-0.3, -0.25) is 4.90 Å². The Morgan fingerprint density at radius 2 is 2.03 bits per heavy atom. The summed E-state index contributed by atoms with van der Waals surface area (Å²) in [5, 5.41) is 7.47. The van der Waals surface area contributed by atoms with Crippen LogP contribution < -0.4 is 26.0 Å². The number of nitrogens with two attached hydrogens (primary N) is 1. The van der Waals surface area contributed by atoms with Crippen LogP contribution in [0, 0.1) is 6.92 Å². The third-order valence-electron chi connectivity index (χ3n) is 6.69. The van der Waals surface area contributed by atoms with Crippen LogP contribution in [0.5, 0.6) is 11.6 Å². The molecule has 8 nitrogen and oxygen atoms in total. The molecule has 2 aliphatic rings. The van der Waals surface area contributed by atoms with Crippen molar-refractivity contribution in [2.45, 2.75) is 38.3 Å². The number of anilines is 3. The van der Waals surface area contributed by atoms with Crippen LogP contribution in [0.25, 0.3) is 15.9 Å². The van der Waals surface area contributed by atoms with Crippen LogP contribution in [0.1, 0.15) is 29.8 Å². The Kier molecular flexibility index (Phi) is 5.58.